The number of urea groups is 1. The van der Waals surface area contributed by atoms with Crippen molar-refractivity contribution in [1.82, 2.24) is 25.0 Å². The van der Waals surface area contributed by atoms with Gasteiger partial charge in [-0.15, -0.1) is 0 Å². The average Bonchev–Trinajstić information content (AvgIpc) is 3.04. The zero-order valence-electron chi connectivity index (χ0n) is 14.5. The molecule has 7 heteroatoms. The first-order valence-electron chi connectivity index (χ1n) is 8.15. The van der Waals surface area contributed by atoms with Crippen LogP contribution in [0.4, 0.5) is 4.79 Å². The van der Waals surface area contributed by atoms with Crippen LogP contribution in [0.5, 0.6) is 5.75 Å². The lowest BCUT2D eigenvalue weighted by Gasteiger charge is -2.24. The number of hydrogen-bond acceptors (Lipinski definition) is 4. The number of carbonyl (C=O) groups is 1. The van der Waals surface area contributed by atoms with Gasteiger partial charge in [-0.1, -0.05) is 12.1 Å². The number of ether oxygens (including phenoxy) is 1. The Morgan fingerprint density at radius 2 is 2.29 bits per heavy atom. The van der Waals surface area contributed by atoms with Gasteiger partial charge in [0.05, 0.1) is 13.1 Å². The Balaban J connectivity index is 1.76. The summed E-state index contributed by atoms with van der Waals surface area (Å²) in [6.07, 6.45) is 3.12. The fourth-order valence-corrected chi connectivity index (χ4v) is 2.34. The minimum atomic E-state index is -0.0991. The smallest absolute Gasteiger partial charge is 0.317 e. The Labute approximate surface area is 142 Å². The van der Waals surface area contributed by atoms with E-state index >= 15 is 0 Å². The molecule has 0 saturated heterocycles. The van der Waals surface area contributed by atoms with Crippen LogP contribution >= 0.6 is 0 Å². The number of nitrogens with zero attached hydrogens (tertiary/aromatic N) is 4. The number of benzene rings is 1. The summed E-state index contributed by atoms with van der Waals surface area (Å²) in [6.45, 7) is 8.12. The van der Waals surface area contributed by atoms with Crippen LogP contribution in [0.2, 0.25) is 0 Å². The third-order valence-electron chi connectivity index (χ3n) is 3.59. The second-order valence-electron chi connectivity index (χ2n) is 5.71. The van der Waals surface area contributed by atoms with E-state index in [-0.39, 0.29) is 12.1 Å². The third-order valence-corrected chi connectivity index (χ3v) is 3.59. The number of nitrogens with one attached hydrogen (secondary N) is 1. The largest absolute Gasteiger partial charge is 0.492 e. The van der Waals surface area contributed by atoms with Gasteiger partial charge in [0, 0.05) is 12.6 Å². The molecule has 0 bridgehead atoms. The van der Waals surface area contributed by atoms with Gasteiger partial charge in [0.25, 0.3) is 0 Å². The van der Waals surface area contributed by atoms with E-state index < -0.39 is 0 Å². The molecule has 1 aromatic heterocycles. The number of aromatic nitrogens is 3. The van der Waals surface area contributed by atoms with Crippen molar-refractivity contribution in [2.45, 2.75) is 33.4 Å². The van der Waals surface area contributed by atoms with Crippen molar-refractivity contribution in [1.29, 1.82) is 0 Å². The second-order valence-corrected chi connectivity index (χ2v) is 5.71. The van der Waals surface area contributed by atoms with Gasteiger partial charge >= 0.3 is 6.03 Å². The second kappa shape index (κ2) is 8.90. The highest BCUT2D eigenvalue weighted by Crippen LogP contribution is 2.12. The maximum absolute atomic E-state index is 12.3. The van der Waals surface area contributed by atoms with Crippen LogP contribution in [0.15, 0.2) is 36.9 Å². The molecule has 0 fully saturated rings. The summed E-state index contributed by atoms with van der Waals surface area (Å²) >= 11 is 0. The Morgan fingerprint density at radius 3 is 2.96 bits per heavy atom. The molecule has 2 rings (SSSR count). The molecule has 1 atom stereocenters. The van der Waals surface area contributed by atoms with Gasteiger partial charge in [-0.2, -0.15) is 5.10 Å². The Hall–Kier alpha value is -2.57. The minimum absolute atomic E-state index is 0.0362. The maximum atomic E-state index is 12.3. The van der Waals surface area contributed by atoms with Gasteiger partial charge in [-0.25, -0.2) is 9.78 Å². The van der Waals surface area contributed by atoms with Crippen molar-refractivity contribution in [3.63, 3.8) is 0 Å². The van der Waals surface area contributed by atoms with E-state index in [4.69, 9.17) is 4.74 Å². The van der Waals surface area contributed by atoms with Crippen LogP contribution in [0.25, 0.3) is 0 Å². The molecule has 0 unspecified atom stereocenters. The molecular weight excluding hydrogens is 306 g/mol. The van der Waals surface area contributed by atoms with Gasteiger partial charge < -0.3 is 15.0 Å². The van der Waals surface area contributed by atoms with E-state index in [0.29, 0.717) is 26.2 Å². The van der Waals surface area contributed by atoms with Gasteiger partial charge in [-0.05, 0) is 38.5 Å². The number of likely N-dealkylation sites (N-methyl/N-ethyl adjacent to an activating group) is 1. The number of aryl methyl sites for hydroxylation is 1. The van der Waals surface area contributed by atoms with Gasteiger partial charge in [0.15, 0.2) is 0 Å². The van der Waals surface area contributed by atoms with E-state index in [0.717, 1.165) is 11.3 Å². The maximum Gasteiger partial charge on any atom is 0.317 e. The molecule has 0 aliphatic rings. The van der Waals surface area contributed by atoms with Crippen molar-refractivity contribution >= 4 is 6.03 Å². The molecule has 0 radical (unpaired) electrons. The Bertz CT molecular complexity index is 630. The molecule has 2 aromatic rings. The van der Waals surface area contributed by atoms with Crippen LogP contribution in [-0.2, 0) is 6.54 Å². The number of carbonyl (C=O) groups excluding carboxylic acids is 1. The summed E-state index contributed by atoms with van der Waals surface area (Å²) in [4.78, 5) is 17.9. The first kappa shape index (κ1) is 17.8. The highest BCUT2D eigenvalue weighted by molar-refractivity contribution is 5.74. The van der Waals surface area contributed by atoms with E-state index in [1.807, 2.05) is 45.0 Å². The molecule has 1 aromatic carbocycles. The molecular formula is C17H25N5O2. The summed E-state index contributed by atoms with van der Waals surface area (Å²) in [6, 6.07) is 7.75. The van der Waals surface area contributed by atoms with Crippen molar-refractivity contribution in [2.24, 2.45) is 0 Å². The van der Waals surface area contributed by atoms with Crippen LogP contribution in [0.1, 0.15) is 19.4 Å². The summed E-state index contributed by atoms with van der Waals surface area (Å²) in [5, 5.41) is 7.01. The Kier molecular flexibility index (Phi) is 6.60. The van der Waals surface area contributed by atoms with E-state index in [9.17, 15) is 4.79 Å². The van der Waals surface area contributed by atoms with Crippen molar-refractivity contribution < 1.29 is 9.53 Å². The molecule has 130 valence electrons. The van der Waals surface area contributed by atoms with E-state index in [1.54, 1.807) is 15.9 Å². The van der Waals surface area contributed by atoms with Crippen molar-refractivity contribution in [2.75, 3.05) is 19.7 Å². The average molecular weight is 331 g/mol. The molecule has 7 nitrogen and oxygen atoms in total. The highest BCUT2D eigenvalue weighted by Gasteiger charge is 2.14. The first-order valence-corrected chi connectivity index (χ1v) is 8.15. The zero-order chi connectivity index (χ0) is 17.4. The van der Waals surface area contributed by atoms with Gasteiger partial charge in [-0.3, -0.25) is 4.68 Å². The Morgan fingerprint density at radius 1 is 1.46 bits per heavy atom. The summed E-state index contributed by atoms with van der Waals surface area (Å²) < 4.78 is 7.41. The fourth-order valence-electron chi connectivity index (χ4n) is 2.34. The van der Waals surface area contributed by atoms with Crippen LogP contribution in [0.3, 0.4) is 0 Å². The molecule has 0 spiro atoms. The number of rotatable bonds is 8. The molecule has 1 N–H and O–H groups in total. The van der Waals surface area contributed by atoms with Crippen LogP contribution in [0, 0.1) is 6.92 Å². The lowest BCUT2D eigenvalue weighted by molar-refractivity contribution is 0.181. The standard InChI is InChI=1S/C17H25N5O2/c1-4-21(8-9-24-16-7-5-6-14(2)10-16)17(23)20-15(3)11-22-13-18-12-19-22/h5-7,10,12-13,15H,4,8-9,11H2,1-3H3,(H,20,23)/t15-/m1/s1. The normalized spacial score (nSPS) is 11.8. The van der Waals surface area contributed by atoms with Crippen LogP contribution < -0.4 is 10.1 Å². The first-order chi connectivity index (χ1) is 11.6. The van der Waals surface area contributed by atoms with E-state index in [2.05, 4.69) is 15.4 Å². The van der Waals surface area contributed by atoms with Crippen molar-refractivity contribution in [3.8, 4) is 5.75 Å². The van der Waals surface area contributed by atoms with Gasteiger partial charge in [0.1, 0.15) is 25.0 Å². The summed E-state index contributed by atoms with van der Waals surface area (Å²) in [7, 11) is 0. The SMILES string of the molecule is CCN(CCOc1cccc(C)c1)C(=O)N[C@H](C)Cn1cncn1. The molecule has 0 aliphatic carbocycles. The topological polar surface area (TPSA) is 72.3 Å². The lowest BCUT2D eigenvalue weighted by atomic mass is 10.2. The quantitative estimate of drug-likeness (QED) is 0.804. The molecule has 0 aliphatic heterocycles. The number of hydrogen-bond donors (Lipinski definition) is 1. The van der Waals surface area contributed by atoms with E-state index in [1.165, 1.54) is 6.33 Å². The lowest BCUT2D eigenvalue weighted by Crippen LogP contribution is -2.46. The predicted molar refractivity (Wildman–Crippen MR) is 91.9 cm³/mol. The molecule has 1 heterocycles. The number of amides is 2. The summed E-state index contributed by atoms with van der Waals surface area (Å²) in [5.41, 5.74) is 1.15. The third kappa shape index (κ3) is 5.57. The van der Waals surface area contributed by atoms with Gasteiger partial charge in [0.2, 0.25) is 0 Å². The molecule has 0 saturated carbocycles. The zero-order valence-corrected chi connectivity index (χ0v) is 14.5. The molecule has 2 amide bonds. The predicted octanol–water partition coefficient (Wildman–Crippen LogP) is 2.09. The minimum Gasteiger partial charge on any atom is -0.492 e. The summed E-state index contributed by atoms with van der Waals surface area (Å²) in [5.74, 6) is 0.825. The van der Waals surface area contributed by atoms with Crippen molar-refractivity contribution in [3.05, 3.63) is 42.5 Å². The highest BCUT2D eigenvalue weighted by atomic mass is 16.5. The fraction of sp³-hybridized carbons (Fsp3) is 0.471. The monoisotopic (exact) mass is 331 g/mol. The van der Waals surface area contributed by atoms with Crippen LogP contribution in [-0.4, -0.2) is 51.4 Å². The molecule has 24 heavy (non-hydrogen) atoms.